The second-order valence-electron chi connectivity index (χ2n) is 2.69. The Labute approximate surface area is 69.6 Å². The predicted molar refractivity (Wildman–Crippen MR) is 40.1 cm³/mol. The molecule has 0 amide bonds. The Morgan fingerprint density at radius 3 is 2.50 bits per heavy atom. The third-order valence-corrected chi connectivity index (χ3v) is 1.66. The maximum Gasteiger partial charge on any atom is 0.320 e. The Morgan fingerprint density at radius 1 is 1.67 bits per heavy atom. The van der Waals surface area contributed by atoms with Crippen LogP contribution in [0.2, 0.25) is 0 Å². The van der Waals surface area contributed by atoms with Crippen LogP contribution in [0.5, 0.6) is 0 Å². The summed E-state index contributed by atoms with van der Waals surface area (Å²) in [5.41, 5.74) is 5.05. The summed E-state index contributed by atoms with van der Waals surface area (Å²) in [7, 11) is 0. The van der Waals surface area contributed by atoms with E-state index in [4.69, 9.17) is 10.8 Å². The van der Waals surface area contributed by atoms with E-state index >= 15 is 0 Å². The molecule has 0 bridgehead atoms. The van der Waals surface area contributed by atoms with Crippen molar-refractivity contribution in [2.24, 2.45) is 5.73 Å². The molecule has 0 aromatic carbocycles. The van der Waals surface area contributed by atoms with Gasteiger partial charge in [-0.3, -0.25) is 4.79 Å². The molecule has 0 aromatic rings. The van der Waals surface area contributed by atoms with E-state index in [0.29, 0.717) is 0 Å². The number of carboxylic acids is 1. The van der Waals surface area contributed by atoms with Gasteiger partial charge < -0.3 is 10.8 Å². The summed E-state index contributed by atoms with van der Waals surface area (Å²) in [5, 5.41) is 8.28. The molecule has 72 valence electrons. The maximum atomic E-state index is 12.5. The Kier molecular flexibility index (Phi) is 4.09. The molecule has 0 saturated heterocycles. The Morgan fingerprint density at radius 2 is 2.17 bits per heavy atom. The third kappa shape index (κ3) is 4.23. The fourth-order valence-electron chi connectivity index (χ4n) is 0.667. The summed E-state index contributed by atoms with van der Waals surface area (Å²) in [6.45, 7) is 1.35. The molecule has 0 spiro atoms. The van der Waals surface area contributed by atoms with Crippen molar-refractivity contribution in [3.05, 3.63) is 0 Å². The van der Waals surface area contributed by atoms with Gasteiger partial charge in [0.05, 0.1) is 0 Å². The van der Waals surface area contributed by atoms with Gasteiger partial charge in [-0.25, -0.2) is 8.78 Å². The van der Waals surface area contributed by atoms with Gasteiger partial charge in [-0.1, -0.05) is 6.92 Å². The smallest absolute Gasteiger partial charge is 0.320 e. The van der Waals surface area contributed by atoms with Crippen molar-refractivity contribution in [3.8, 4) is 0 Å². The quantitative estimate of drug-likeness (QED) is 0.670. The summed E-state index contributed by atoms with van der Waals surface area (Å²) >= 11 is 0. The van der Waals surface area contributed by atoms with E-state index in [1.165, 1.54) is 6.92 Å². The summed E-state index contributed by atoms with van der Waals surface area (Å²) < 4.78 is 25.1. The number of hydrogen-bond acceptors (Lipinski definition) is 2. The topological polar surface area (TPSA) is 63.3 Å². The number of alkyl halides is 2. The van der Waals surface area contributed by atoms with E-state index in [-0.39, 0.29) is 12.8 Å². The van der Waals surface area contributed by atoms with Crippen LogP contribution in [0.15, 0.2) is 0 Å². The molecule has 0 heterocycles. The van der Waals surface area contributed by atoms with Gasteiger partial charge in [0.2, 0.25) is 5.92 Å². The number of halogens is 2. The summed E-state index contributed by atoms with van der Waals surface area (Å²) in [6.07, 6.45) is -0.924. The zero-order valence-corrected chi connectivity index (χ0v) is 6.89. The van der Waals surface area contributed by atoms with Crippen LogP contribution in [-0.4, -0.2) is 23.0 Å². The van der Waals surface area contributed by atoms with Gasteiger partial charge in [-0.2, -0.15) is 0 Å². The van der Waals surface area contributed by atoms with Crippen LogP contribution in [-0.2, 0) is 4.79 Å². The number of carboxylic acid groups (broad SMARTS) is 1. The Bertz CT molecular complexity index is 161. The molecule has 5 heteroatoms. The molecule has 1 unspecified atom stereocenters. The van der Waals surface area contributed by atoms with Gasteiger partial charge in [-0.15, -0.1) is 0 Å². The van der Waals surface area contributed by atoms with Crippen LogP contribution in [0.3, 0.4) is 0 Å². The molecule has 0 saturated carbocycles. The average Bonchev–Trinajstić information content (AvgIpc) is 2.00. The SMILES string of the molecule is CCC(F)(F)CCC(N)C(=O)O. The molecule has 0 aliphatic rings. The highest BCUT2D eigenvalue weighted by atomic mass is 19.3. The van der Waals surface area contributed by atoms with Crippen LogP contribution in [0.1, 0.15) is 26.2 Å². The second kappa shape index (κ2) is 4.35. The molecule has 0 aromatic heterocycles. The van der Waals surface area contributed by atoms with E-state index in [1.807, 2.05) is 0 Å². The lowest BCUT2D eigenvalue weighted by atomic mass is 10.1. The zero-order chi connectivity index (χ0) is 9.78. The molecule has 3 N–H and O–H groups in total. The van der Waals surface area contributed by atoms with Crippen LogP contribution < -0.4 is 5.73 Å². The lowest BCUT2D eigenvalue weighted by Gasteiger charge is -2.14. The molecular formula is C7H13F2NO2. The number of hydrogen-bond donors (Lipinski definition) is 2. The van der Waals surface area contributed by atoms with Gasteiger partial charge >= 0.3 is 5.97 Å². The lowest BCUT2D eigenvalue weighted by molar-refractivity contribution is -0.139. The monoisotopic (exact) mass is 181 g/mol. The van der Waals surface area contributed by atoms with Crippen LogP contribution >= 0.6 is 0 Å². The van der Waals surface area contributed by atoms with Crippen molar-refractivity contribution in [2.75, 3.05) is 0 Å². The molecule has 12 heavy (non-hydrogen) atoms. The van der Waals surface area contributed by atoms with Crippen LogP contribution in [0.4, 0.5) is 8.78 Å². The first-order valence-electron chi connectivity index (χ1n) is 3.75. The molecule has 3 nitrogen and oxygen atoms in total. The van der Waals surface area contributed by atoms with E-state index in [2.05, 4.69) is 0 Å². The average molecular weight is 181 g/mol. The van der Waals surface area contributed by atoms with Gasteiger partial charge in [0, 0.05) is 12.8 Å². The van der Waals surface area contributed by atoms with Crippen molar-refractivity contribution in [1.29, 1.82) is 0 Å². The van der Waals surface area contributed by atoms with E-state index in [9.17, 15) is 13.6 Å². The minimum atomic E-state index is -2.78. The lowest BCUT2D eigenvalue weighted by Crippen LogP contribution is -2.32. The second-order valence-corrected chi connectivity index (χ2v) is 2.69. The van der Waals surface area contributed by atoms with E-state index in [1.54, 1.807) is 0 Å². The van der Waals surface area contributed by atoms with Gasteiger partial charge in [0.1, 0.15) is 6.04 Å². The summed E-state index contributed by atoms with van der Waals surface area (Å²) in [6, 6.07) is -1.18. The van der Waals surface area contributed by atoms with Crippen molar-refractivity contribution in [1.82, 2.24) is 0 Å². The molecular weight excluding hydrogens is 168 g/mol. The van der Waals surface area contributed by atoms with Gasteiger partial charge in [-0.05, 0) is 6.42 Å². The first-order valence-corrected chi connectivity index (χ1v) is 3.75. The minimum Gasteiger partial charge on any atom is -0.480 e. The van der Waals surface area contributed by atoms with Crippen molar-refractivity contribution in [3.63, 3.8) is 0 Å². The van der Waals surface area contributed by atoms with E-state index < -0.39 is 24.4 Å². The highest BCUT2D eigenvalue weighted by molar-refractivity contribution is 5.72. The maximum absolute atomic E-state index is 12.5. The molecule has 1 atom stereocenters. The number of rotatable bonds is 5. The van der Waals surface area contributed by atoms with Crippen LogP contribution in [0.25, 0.3) is 0 Å². The molecule has 0 rings (SSSR count). The van der Waals surface area contributed by atoms with Gasteiger partial charge in [0.25, 0.3) is 0 Å². The molecule has 0 aliphatic carbocycles. The fraction of sp³-hybridized carbons (Fsp3) is 0.857. The van der Waals surface area contributed by atoms with Crippen molar-refractivity contribution in [2.45, 2.75) is 38.2 Å². The van der Waals surface area contributed by atoms with Crippen molar-refractivity contribution >= 4 is 5.97 Å². The largest absolute Gasteiger partial charge is 0.480 e. The number of aliphatic carboxylic acids is 1. The zero-order valence-electron chi connectivity index (χ0n) is 6.89. The summed E-state index contributed by atoms with van der Waals surface area (Å²) in [4.78, 5) is 10.1. The first kappa shape index (κ1) is 11.3. The van der Waals surface area contributed by atoms with Crippen LogP contribution in [0, 0.1) is 0 Å². The number of carbonyl (C=O) groups is 1. The minimum absolute atomic E-state index is 0.184. The van der Waals surface area contributed by atoms with E-state index in [0.717, 1.165) is 0 Å². The first-order chi connectivity index (χ1) is 5.39. The molecule has 0 radical (unpaired) electrons. The standard InChI is InChI=1S/C7H13F2NO2/c1-2-7(8,9)4-3-5(10)6(11)12/h5H,2-4,10H2,1H3,(H,11,12). The normalized spacial score (nSPS) is 14.3. The van der Waals surface area contributed by atoms with Crippen molar-refractivity contribution < 1.29 is 18.7 Å². The third-order valence-electron chi connectivity index (χ3n) is 1.66. The summed E-state index contributed by atoms with van der Waals surface area (Å²) in [5.74, 6) is -4.02. The fourth-order valence-corrected chi connectivity index (χ4v) is 0.667. The molecule has 0 aliphatic heterocycles. The number of nitrogens with two attached hydrogens (primary N) is 1. The van der Waals surface area contributed by atoms with Gasteiger partial charge in [0.15, 0.2) is 0 Å². The Hall–Kier alpha value is -0.710. The highest BCUT2D eigenvalue weighted by Crippen LogP contribution is 2.24. The highest BCUT2D eigenvalue weighted by Gasteiger charge is 2.27. The Balaban J connectivity index is 3.75. The molecule has 0 fully saturated rings. The predicted octanol–water partition coefficient (Wildman–Crippen LogP) is 1.22.